The van der Waals surface area contributed by atoms with Gasteiger partial charge in [0.05, 0.1) is 0 Å². The number of ether oxygens (including phenoxy) is 2. The molecule has 1 aromatic carbocycles. The Morgan fingerprint density at radius 2 is 2.07 bits per heavy atom. The molecular formula is C11H13NO2S. The molecule has 1 aliphatic carbocycles. The molecule has 80 valence electrons. The van der Waals surface area contributed by atoms with E-state index in [1.54, 1.807) is 0 Å². The first-order chi connectivity index (χ1) is 7.31. The van der Waals surface area contributed by atoms with Gasteiger partial charge in [0.1, 0.15) is 0 Å². The number of hydrogen-bond donors (Lipinski definition) is 1. The zero-order valence-electron chi connectivity index (χ0n) is 8.36. The Morgan fingerprint density at radius 1 is 1.27 bits per heavy atom. The van der Waals surface area contributed by atoms with Crippen LogP contribution in [0.3, 0.4) is 0 Å². The number of hydrogen-bond acceptors (Lipinski definition) is 4. The lowest BCUT2D eigenvalue weighted by Gasteiger charge is -2.11. The summed E-state index contributed by atoms with van der Waals surface area (Å²) in [6.45, 7) is 1.09. The van der Waals surface area contributed by atoms with Crippen LogP contribution in [0.4, 0.5) is 0 Å². The summed E-state index contributed by atoms with van der Waals surface area (Å²) in [6.07, 6.45) is 2.45. The Hall–Kier alpha value is -0.870. The third-order valence-corrected chi connectivity index (χ3v) is 4.36. The molecule has 0 aromatic heterocycles. The van der Waals surface area contributed by atoms with Crippen molar-refractivity contribution in [1.82, 2.24) is 0 Å². The summed E-state index contributed by atoms with van der Waals surface area (Å²) in [4.78, 5) is 1.22. The highest BCUT2D eigenvalue weighted by Gasteiger charge is 2.42. The van der Waals surface area contributed by atoms with Crippen LogP contribution in [0.25, 0.3) is 0 Å². The van der Waals surface area contributed by atoms with E-state index < -0.39 is 0 Å². The lowest BCUT2D eigenvalue weighted by Crippen LogP contribution is -2.17. The molecule has 0 radical (unpaired) electrons. The maximum Gasteiger partial charge on any atom is 0.231 e. The van der Waals surface area contributed by atoms with Crippen LogP contribution in [-0.4, -0.2) is 18.1 Å². The molecule has 1 heterocycles. The Labute approximate surface area is 92.9 Å². The summed E-state index contributed by atoms with van der Waals surface area (Å²) in [5.74, 6) is 1.70. The minimum Gasteiger partial charge on any atom is -0.454 e. The molecule has 2 aliphatic rings. The summed E-state index contributed by atoms with van der Waals surface area (Å²) in [6, 6.07) is 6.09. The summed E-state index contributed by atoms with van der Waals surface area (Å²) in [5, 5.41) is 0. The van der Waals surface area contributed by atoms with E-state index in [0.717, 1.165) is 18.0 Å². The van der Waals surface area contributed by atoms with Crippen LogP contribution in [-0.2, 0) is 0 Å². The van der Waals surface area contributed by atoms with Crippen molar-refractivity contribution in [3.8, 4) is 11.5 Å². The molecule has 0 spiro atoms. The molecule has 3 rings (SSSR count). The molecule has 0 atom stereocenters. The number of thioether (sulfide) groups is 1. The largest absolute Gasteiger partial charge is 0.454 e. The number of benzene rings is 1. The van der Waals surface area contributed by atoms with Gasteiger partial charge in [-0.25, -0.2) is 0 Å². The molecule has 1 aromatic rings. The van der Waals surface area contributed by atoms with Gasteiger partial charge in [0.15, 0.2) is 11.5 Å². The maximum atomic E-state index is 5.75. The second-order valence-electron chi connectivity index (χ2n) is 4.00. The van der Waals surface area contributed by atoms with E-state index >= 15 is 0 Å². The van der Waals surface area contributed by atoms with E-state index in [2.05, 4.69) is 6.07 Å². The molecule has 15 heavy (non-hydrogen) atoms. The number of fused-ring (bicyclic) bond motifs is 1. The van der Waals surface area contributed by atoms with Crippen LogP contribution in [0.5, 0.6) is 11.5 Å². The second-order valence-corrected chi connectivity index (χ2v) is 5.55. The zero-order chi connectivity index (χ0) is 10.3. The standard InChI is InChI=1S/C11H13NO2S/c12-6-11(3-4-11)15-8-1-2-9-10(5-8)14-7-13-9/h1-2,5H,3-4,6-7,12H2. The van der Waals surface area contributed by atoms with Crippen molar-refractivity contribution in [2.45, 2.75) is 22.5 Å². The first-order valence-electron chi connectivity index (χ1n) is 5.10. The predicted octanol–water partition coefficient (Wildman–Crippen LogP) is 2.00. The topological polar surface area (TPSA) is 44.5 Å². The Morgan fingerprint density at radius 3 is 2.80 bits per heavy atom. The molecule has 0 saturated heterocycles. The highest BCUT2D eigenvalue weighted by Crippen LogP contribution is 2.52. The molecular weight excluding hydrogens is 210 g/mol. The van der Waals surface area contributed by atoms with E-state index in [1.165, 1.54) is 17.7 Å². The van der Waals surface area contributed by atoms with Gasteiger partial charge >= 0.3 is 0 Å². The van der Waals surface area contributed by atoms with E-state index in [9.17, 15) is 0 Å². The second kappa shape index (κ2) is 3.32. The minimum absolute atomic E-state index is 0.299. The van der Waals surface area contributed by atoms with E-state index in [-0.39, 0.29) is 0 Å². The zero-order valence-corrected chi connectivity index (χ0v) is 9.18. The minimum atomic E-state index is 0.299. The smallest absolute Gasteiger partial charge is 0.231 e. The molecule has 0 unspecified atom stereocenters. The van der Waals surface area contributed by atoms with Crippen molar-refractivity contribution in [3.63, 3.8) is 0 Å². The average Bonchev–Trinajstić information content (AvgIpc) is 2.88. The number of nitrogens with two attached hydrogens (primary N) is 1. The molecule has 0 amide bonds. The first-order valence-corrected chi connectivity index (χ1v) is 5.92. The fraction of sp³-hybridized carbons (Fsp3) is 0.455. The van der Waals surface area contributed by atoms with Gasteiger partial charge in [0.25, 0.3) is 0 Å². The highest BCUT2D eigenvalue weighted by molar-refractivity contribution is 8.01. The fourth-order valence-electron chi connectivity index (χ4n) is 1.68. The molecule has 0 bridgehead atoms. The normalized spacial score (nSPS) is 20.3. The van der Waals surface area contributed by atoms with Crippen LogP contribution >= 0.6 is 11.8 Å². The summed E-state index contributed by atoms with van der Waals surface area (Å²) in [7, 11) is 0. The van der Waals surface area contributed by atoms with E-state index in [4.69, 9.17) is 15.2 Å². The van der Waals surface area contributed by atoms with Crippen LogP contribution in [0.15, 0.2) is 23.1 Å². The number of rotatable bonds is 3. The molecule has 3 nitrogen and oxygen atoms in total. The summed E-state index contributed by atoms with van der Waals surface area (Å²) in [5.41, 5.74) is 5.75. The van der Waals surface area contributed by atoms with Crippen LogP contribution < -0.4 is 15.2 Å². The quantitative estimate of drug-likeness (QED) is 0.851. The molecule has 2 N–H and O–H groups in total. The van der Waals surface area contributed by atoms with Crippen molar-refractivity contribution >= 4 is 11.8 Å². The Balaban J connectivity index is 1.81. The van der Waals surface area contributed by atoms with Gasteiger partial charge in [-0.1, -0.05) is 0 Å². The van der Waals surface area contributed by atoms with Gasteiger partial charge in [-0.3, -0.25) is 0 Å². The van der Waals surface area contributed by atoms with Gasteiger partial charge in [-0.05, 0) is 31.0 Å². The van der Waals surface area contributed by atoms with E-state index in [1.807, 2.05) is 23.9 Å². The van der Waals surface area contributed by atoms with Crippen LogP contribution in [0.2, 0.25) is 0 Å². The fourth-order valence-corrected chi connectivity index (χ4v) is 2.87. The lowest BCUT2D eigenvalue weighted by atomic mass is 10.3. The molecule has 1 aliphatic heterocycles. The van der Waals surface area contributed by atoms with Gasteiger partial charge in [-0.2, -0.15) is 0 Å². The Bertz CT molecular complexity index is 390. The molecule has 1 saturated carbocycles. The average molecular weight is 223 g/mol. The highest BCUT2D eigenvalue weighted by atomic mass is 32.2. The van der Waals surface area contributed by atoms with Crippen molar-refractivity contribution in [2.24, 2.45) is 5.73 Å². The lowest BCUT2D eigenvalue weighted by molar-refractivity contribution is 0.174. The maximum absolute atomic E-state index is 5.75. The molecule has 4 heteroatoms. The van der Waals surface area contributed by atoms with Crippen molar-refractivity contribution < 1.29 is 9.47 Å². The first kappa shape index (κ1) is 9.36. The summed E-state index contributed by atoms with van der Waals surface area (Å²) >= 11 is 1.86. The molecule has 1 fully saturated rings. The van der Waals surface area contributed by atoms with Crippen molar-refractivity contribution in [2.75, 3.05) is 13.3 Å². The van der Waals surface area contributed by atoms with Gasteiger partial charge < -0.3 is 15.2 Å². The predicted molar refractivity (Wildman–Crippen MR) is 59.4 cm³/mol. The Kier molecular flexibility index (Phi) is 2.07. The van der Waals surface area contributed by atoms with Crippen LogP contribution in [0.1, 0.15) is 12.8 Å². The monoisotopic (exact) mass is 223 g/mol. The van der Waals surface area contributed by atoms with Gasteiger partial charge in [0.2, 0.25) is 6.79 Å². The van der Waals surface area contributed by atoms with Gasteiger partial charge in [-0.15, -0.1) is 11.8 Å². The summed E-state index contributed by atoms with van der Waals surface area (Å²) < 4.78 is 10.9. The van der Waals surface area contributed by atoms with Gasteiger partial charge in [0, 0.05) is 16.2 Å². The third-order valence-electron chi connectivity index (χ3n) is 2.86. The third kappa shape index (κ3) is 1.68. The van der Waals surface area contributed by atoms with Crippen molar-refractivity contribution in [1.29, 1.82) is 0 Å². The van der Waals surface area contributed by atoms with Crippen molar-refractivity contribution in [3.05, 3.63) is 18.2 Å². The SMILES string of the molecule is NCC1(Sc2ccc3c(c2)OCO3)CC1. The van der Waals surface area contributed by atoms with Crippen LogP contribution in [0, 0.1) is 0 Å². The van der Waals surface area contributed by atoms with E-state index in [0.29, 0.717) is 11.5 Å².